The van der Waals surface area contributed by atoms with Crippen molar-refractivity contribution in [1.82, 2.24) is 14.1 Å². The van der Waals surface area contributed by atoms with Crippen molar-refractivity contribution in [3.05, 3.63) is 33.3 Å². The van der Waals surface area contributed by atoms with Gasteiger partial charge in [0.1, 0.15) is 11.4 Å². The molecule has 25 heavy (non-hydrogen) atoms. The van der Waals surface area contributed by atoms with E-state index in [0.717, 1.165) is 4.57 Å². The fourth-order valence-electron chi connectivity index (χ4n) is 2.63. The van der Waals surface area contributed by atoms with Crippen LogP contribution in [-0.2, 0) is 11.8 Å². The Kier molecular flexibility index (Phi) is 4.10. The minimum Gasteiger partial charge on any atom is -0.495 e. The van der Waals surface area contributed by atoms with Gasteiger partial charge in [0.2, 0.25) is 0 Å². The second-order valence-corrected chi connectivity index (χ2v) is 7.51. The summed E-state index contributed by atoms with van der Waals surface area (Å²) in [6.07, 6.45) is 0.843. The molecule has 0 unspecified atom stereocenters. The third-order valence-electron chi connectivity index (χ3n) is 3.73. The molecular weight excluding hydrogens is 390 g/mol. The number of imidazole rings is 1. The number of aryl methyl sites for hydroxylation is 1. The molecule has 0 atom stereocenters. The van der Waals surface area contributed by atoms with Gasteiger partial charge >= 0.3 is 11.8 Å². The molecule has 0 fully saturated rings. The first-order valence-corrected chi connectivity index (χ1v) is 8.40. The first-order valence-electron chi connectivity index (χ1n) is 7.61. The third-order valence-corrected chi connectivity index (χ3v) is 4.35. The number of methoxy groups -OCH3 is 1. The summed E-state index contributed by atoms with van der Waals surface area (Å²) in [4.78, 5) is 29.6. The first kappa shape index (κ1) is 17.5. The van der Waals surface area contributed by atoms with E-state index >= 15 is 0 Å². The van der Waals surface area contributed by atoms with Gasteiger partial charge in [0.05, 0.1) is 34.3 Å². The van der Waals surface area contributed by atoms with Crippen LogP contribution in [0.4, 0.5) is 4.79 Å². The normalized spacial score (nSPS) is 11.9. The first-order chi connectivity index (χ1) is 11.6. The van der Waals surface area contributed by atoms with Crippen molar-refractivity contribution in [3.63, 3.8) is 0 Å². The molecule has 2 aromatic heterocycles. The second kappa shape index (κ2) is 5.87. The maximum atomic E-state index is 12.6. The van der Waals surface area contributed by atoms with Crippen LogP contribution in [0.15, 0.2) is 27.6 Å². The number of nitrogens with zero attached hydrogens (tertiary/aromatic N) is 3. The average Bonchev–Trinajstić information content (AvgIpc) is 2.77. The molecule has 0 aliphatic heterocycles. The highest BCUT2D eigenvalue weighted by molar-refractivity contribution is 9.10. The predicted octanol–water partition coefficient (Wildman–Crippen LogP) is 3.44. The Morgan fingerprint density at radius 3 is 2.56 bits per heavy atom. The van der Waals surface area contributed by atoms with E-state index < -0.39 is 17.4 Å². The Labute approximate surface area is 152 Å². The second-order valence-electron chi connectivity index (χ2n) is 6.65. The molecule has 0 spiro atoms. The van der Waals surface area contributed by atoms with Crippen LogP contribution in [0.5, 0.6) is 5.75 Å². The minimum absolute atomic E-state index is 0.454. The molecule has 7 nitrogen and oxygen atoms in total. The van der Waals surface area contributed by atoms with Crippen LogP contribution in [0, 0.1) is 0 Å². The van der Waals surface area contributed by atoms with Crippen LogP contribution in [0.25, 0.3) is 21.9 Å². The molecule has 1 aromatic carbocycles. The van der Waals surface area contributed by atoms with E-state index in [1.54, 1.807) is 53.3 Å². The zero-order chi connectivity index (χ0) is 18.5. The molecule has 0 radical (unpaired) electrons. The van der Waals surface area contributed by atoms with Crippen LogP contribution in [0.3, 0.4) is 0 Å². The molecule has 0 saturated heterocycles. The lowest BCUT2D eigenvalue weighted by molar-refractivity contribution is 0.0537. The lowest BCUT2D eigenvalue weighted by Gasteiger charge is -2.19. The van der Waals surface area contributed by atoms with Crippen molar-refractivity contribution >= 4 is 44.0 Å². The number of hydrogen-bond acceptors (Lipinski definition) is 5. The summed E-state index contributed by atoms with van der Waals surface area (Å²) in [5, 5.41) is 0.647. The van der Waals surface area contributed by atoms with E-state index in [1.807, 2.05) is 0 Å². The van der Waals surface area contributed by atoms with E-state index in [1.165, 1.54) is 4.57 Å². The summed E-state index contributed by atoms with van der Waals surface area (Å²) in [6, 6.07) is 3.53. The number of carbonyl (C=O) groups excluding carboxylic acids is 1. The van der Waals surface area contributed by atoms with Gasteiger partial charge in [0.15, 0.2) is 0 Å². The standard InChI is InChI=1S/C17H18BrN3O4/c1-17(2,3)25-16(23)21-14-9-6-10(18)13(24-5)7-11(9)19-8-12(14)20(4)15(21)22/h6-8H,1-5H3. The van der Waals surface area contributed by atoms with Gasteiger partial charge in [-0.05, 0) is 42.8 Å². The van der Waals surface area contributed by atoms with Gasteiger partial charge in [-0.2, -0.15) is 4.57 Å². The van der Waals surface area contributed by atoms with Crippen molar-refractivity contribution in [2.24, 2.45) is 7.05 Å². The van der Waals surface area contributed by atoms with Crippen molar-refractivity contribution < 1.29 is 14.3 Å². The quantitative estimate of drug-likeness (QED) is 0.617. The summed E-state index contributed by atoms with van der Waals surface area (Å²) < 4.78 is 13.8. The monoisotopic (exact) mass is 407 g/mol. The molecule has 3 aromatic rings. The molecule has 0 aliphatic rings. The predicted molar refractivity (Wildman–Crippen MR) is 98.4 cm³/mol. The number of fused-ring (bicyclic) bond motifs is 3. The molecule has 0 bridgehead atoms. The van der Waals surface area contributed by atoms with Gasteiger partial charge < -0.3 is 9.47 Å². The Bertz CT molecular complexity index is 1060. The summed E-state index contributed by atoms with van der Waals surface area (Å²) >= 11 is 3.44. The Morgan fingerprint density at radius 1 is 1.28 bits per heavy atom. The molecule has 0 aliphatic carbocycles. The lowest BCUT2D eigenvalue weighted by Crippen LogP contribution is -2.33. The summed E-state index contributed by atoms with van der Waals surface area (Å²) in [7, 11) is 3.15. The van der Waals surface area contributed by atoms with E-state index in [2.05, 4.69) is 20.9 Å². The third kappa shape index (κ3) is 2.90. The highest BCUT2D eigenvalue weighted by atomic mass is 79.9. The molecule has 8 heteroatoms. The largest absolute Gasteiger partial charge is 0.495 e. The van der Waals surface area contributed by atoms with Gasteiger partial charge in [-0.3, -0.25) is 9.55 Å². The molecule has 0 saturated carbocycles. The van der Waals surface area contributed by atoms with Crippen molar-refractivity contribution in [2.75, 3.05) is 7.11 Å². The number of benzene rings is 1. The van der Waals surface area contributed by atoms with Gasteiger partial charge in [-0.25, -0.2) is 9.59 Å². The summed E-state index contributed by atoms with van der Waals surface area (Å²) in [5.74, 6) is 0.612. The number of rotatable bonds is 1. The maximum Gasteiger partial charge on any atom is 0.423 e. The van der Waals surface area contributed by atoms with E-state index in [0.29, 0.717) is 32.2 Å². The van der Waals surface area contributed by atoms with Crippen molar-refractivity contribution in [2.45, 2.75) is 26.4 Å². The zero-order valence-corrected chi connectivity index (χ0v) is 16.2. The molecular formula is C17H18BrN3O4. The van der Waals surface area contributed by atoms with E-state index in [-0.39, 0.29) is 0 Å². The number of ether oxygens (including phenoxy) is 2. The molecule has 3 rings (SSSR count). The summed E-state index contributed by atoms with van der Waals surface area (Å²) in [5.41, 5.74) is 0.405. The number of pyridine rings is 1. The minimum atomic E-state index is -0.720. The van der Waals surface area contributed by atoms with Crippen LogP contribution in [0.2, 0.25) is 0 Å². The fourth-order valence-corrected chi connectivity index (χ4v) is 3.14. The van der Waals surface area contributed by atoms with Gasteiger partial charge in [0, 0.05) is 18.5 Å². The number of aromatic nitrogens is 3. The van der Waals surface area contributed by atoms with Gasteiger partial charge in [0.25, 0.3) is 0 Å². The van der Waals surface area contributed by atoms with E-state index in [9.17, 15) is 9.59 Å². The zero-order valence-electron chi connectivity index (χ0n) is 14.6. The Balaban J connectivity index is 2.40. The van der Waals surface area contributed by atoms with Crippen molar-refractivity contribution in [3.8, 4) is 5.75 Å². The highest BCUT2D eigenvalue weighted by Crippen LogP contribution is 2.32. The van der Waals surface area contributed by atoms with Crippen molar-refractivity contribution in [1.29, 1.82) is 0 Å². The van der Waals surface area contributed by atoms with Gasteiger partial charge in [-0.1, -0.05) is 0 Å². The Morgan fingerprint density at radius 2 is 1.96 bits per heavy atom. The van der Waals surface area contributed by atoms with Crippen LogP contribution >= 0.6 is 15.9 Å². The molecule has 132 valence electrons. The lowest BCUT2D eigenvalue weighted by atomic mass is 10.2. The number of halogens is 1. The van der Waals surface area contributed by atoms with E-state index in [4.69, 9.17) is 9.47 Å². The number of carbonyl (C=O) groups is 1. The topological polar surface area (TPSA) is 75.4 Å². The SMILES string of the molecule is COc1cc2ncc3c(c2cc1Br)n(C(=O)OC(C)(C)C)c(=O)n3C. The summed E-state index contributed by atoms with van der Waals surface area (Å²) in [6.45, 7) is 5.26. The Hall–Kier alpha value is -2.35. The number of hydrogen-bond donors (Lipinski definition) is 0. The molecule has 0 amide bonds. The molecule has 2 heterocycles. The van der Waals surface area contributed by atoms with Crippen LogP contribution in [0.1, 0.15) is 20.8 Å². The average molecular weight is 408 g/mol. The molecule has 0 N–H and O–H groups in total. The smallest absolute Gasteiger partial charge is 0.423 e. The van der Waals surface area contributed by atoms with Gasteiger partial charge in [-0.15, -0.1) is 0 Å². The van der Waals surface area contributed by atoms with Crippen LogP contribution < -0.4 is 10.4 Å². The highest BCUT2D eigenvalue weighted by Gasteiger charge is 2.25. The fraction of sp³-hybridized carbons (Fsp3) is 0.353. The maximum absolute atomic E-state index is 12.6. The van der Waals surface area contributed by atoms with Crippen LogP contribution in [-0.4, -0.2) is 32.9 Å².